The Morgan fingerprint density at radius 3 is 2.60 bits per heavy atom. The summed E-state index contributed by atoms with van der Waals surface area (Å²) in [4.78, 5) is 0. The molecule has 0 aliphatic carbocycles. The van der Waals surface area contributed by atoms with E-state index in [1.807, 2.05) is 7.05 Å². The Labute approximate surface area is 125 Å². The van der Waals surface area contributed by atoms with E-state index in [1.54, 1.807) is 12.1 Å². The van der Waals surface area contributed by atoms with E-state index in [2.05, 4.69) is 5.32 Å². The Morgan fingerprint density at radius 1 is 1.35 bits per heavy atom. The van der Waals surface area contributed by atoms with Crippen LogP contribution in [0.25, 0.3) is 0 Å². The second kappa shape index (κ2) is 7.71. The summed E-state index contributed by atoms with van der Waals surface area (Å²) in [5.41, 5.74) is 0.871. The van der Waals surface area contributed by atoms with Crippen molar-refractivity contribution in [1.29, 1.82) is 0 Å². The van der Waals surface area contributed by atoms with Gasteiger partial charge in [0.05, 0.1) is 19.5 Å². The molecule has 0 unspecified atom stereocenters. The lowest BCUT2D eigenvalue weighted by atomic mass is 10.2. The van der Waals surface area contributed by atoms with Crippen LogP contribution in [0.4, 0.5) is 0 Å². The summed E-state index contributed by atoms with van der Waals surface area (Å²) >= 11 is 6.01. The van der Waals surface area contributed by atoms with Gasteiger partial charge in [-0.3, -0.25) is 0 Å². The van der Waals surface area contributed by atoms with Crippen LogP contribution in [0, 0.1) is 0 Å². The summed E-state index contributed by atoms with van der Waals surface area (Å²) < 4.78 is 33.1. The number of halogens is 1. The van der Waals surface area contributed by atoms with Gasteiger partial charge in [-0.2, -0.15) is 0 Å². The number of hydrogen-bond donors (Lipinski definition) is 1. The van der Waals surface area contributed by atoms with Crippen molar-refractivity contribution in [3.63, 3.8) is 0 Å². The van der Waals surface area contributed by atoms with Crippen LogP contribution in [0.3, 0.4) is 0 Å². The van der Waals surface area contributed by atoms with Crippen LogP contribution in [0.15, 0.2) is 12.1 Å². The van der Waals surface area contributed by atoms with Crippen LogP contribution in [-0.4, -0.2) is 41.2 Å². The molecule has 0 saturated carbocycles. The molecular formula is C13H20ClNO4S. The predicted octanol–water partition coefficient (Wildman–Crippen LogP) is 1.88. The second-order valence-electron chi connectivity index (χ2n) is 4.46. The van der Waals surface area contributed by atoms with Crippen molar-refractivity contribution in [2.45, 2.75) is 13.0 Å². The van der Waals surface area contributed by atoms with E-state index in [-0.39, 0.29) is 5.75 Å². The number of sulfone groups is 1. The largest absolute Gasteiger partial charge is 0.493 e. The molecule has 0 atom stereocenters. The van der Waals surface area contributed by atoms with Crippen molar-refractivity contribution in [3.8, 4) is 11.5 Å². The summed E-state index contributed by atoms with van der Waals surface area (Å²) in [6.07, 6.45) is 1.64. The van der Waals surface area contributed by atoms with E-state index < -0.39 is 9.84 Å². The molecular weight excluding hydrogens is 302 g/mol. The van der Waals surface area contributed by atoms with E-state index in [0.717, 1.165) is 5.56 Å². The van der Waals surface area contributed by atoms with Gasteiger partial charge >= 0.3 is 0 Å². The second-order valence-corrected chi connectivity index (χ2v) is 7.15. The molecule has 1 N–H and O–H groups in total. The Morgan fingerprint density at radius 2 is 2.05 bits per heavy atom. The van der Waals surface area contributed by atoms with Crippen molar-refractivity contribution >= 4 is 21.4 Å². The summed E-state index contributed by atoms with van der Waals surface area (Å²) in [5.74, 6) is 1.24. The predicted molar refractivity (Wildman–Crippen MR) is 80.6 cm³/mol. The maximum Gasteiger partial charge on any atom is 0.165 e. The number of nitrogens with one attached hydrogen (secondary N) is 1. The number of hydrogen-bond acceptors (Lipinski definition) is 5. The third kappa shape index (κ3) is 5.56. The first-order valence-corrected chi connectivity index (χ1v) is 8.62. The van der Waals surface area contributed by atoms with Gasteiger partial charge in [-0.1, -0.05) is 11.6 Å². The average Bonchev–Trinajstić information content (AvgIpc) is 2.35. The molecule has 0 heterocycles. The van der Waals surface area contributed by atoms with Gasteiger partial charge in [-0.05, 0) is 19.5 Å². The molecule has 0 bridgehead atoms. The number of benzene rings is 1. The van der Waals surface area contributed by atoms with Crippen molar-refractivity contribution in [3.05, 3.63) is 22.7 Å². The van der Waals surface area contributed by atoms with Crippen LogP contribution >= 0.6 is 11.6 Å². The highest BCUT2D eigenvalue weighted by Gasteiger charge is 2.13. The smallest absolute Gasteiger partial charge is 0.165 e. The van der Waals surface area contributed by atoms with Crippen molar-refractivity contribution in [2.24, 2.45) is 0 Å². The minimum atomic E-state index is -2.97. The maximum absolute atomic E-state index is 11.1. The van der Waals surface area contributed by atoms with Gasteiger partial charge in [-0.25, -0.2) is 8.42 Å². The molecule has 0 aliphatic heterocycles. The lowest BCUT2D eigenvalue weighted by molar-refractivity contribution is 0.291. The maximum atomic E-state index is 11.1. The van der Waals surface area contributed by atoms with E-state index in [1.165, 1.54) is 13.4 Å². The Bertz CT molecular complexity index is 546. The number of ether oxygens (including phenoxy) is 2. The third-order valence-corrected chi connectivity index (χ3v) is 3.84. The zero-order valence-corrected chi connectivity index (χ0v) is 13.5. The van der Waals surface area contributed by atoms with Crippen LogP contribution in [0.1, 0.15) is 12.0 Å². The molecule has 0 fully saturated rings. The molecule has 1 aromatic carbocycles. The SMILES string of the molecule is CNCc1cc(Cl)cc(OC)c1OCCCS(C)(=O)=O. The molecule has 0 saturated heterocycles. The number of methoxy groups -OCH3 is 1. The summed E-state index contributed by atoms with van der Waals surface area (Å²) in [6, 6.07) is 3.47. The van der Waals surface area contributed by atoms with Crippen LogP contribution < -0.4 is 14.8 Å². The van der Waals surface area contributed by atoms with E-state index >= 15 is 0 Å². The lowest BCUT2D eigenvalue weighted by Crippen LogP contribution is -2.11. The molecule has 7 heteroatoms. The first-order valence-electron chi connectivity index (χ1n) is 6.19. The van der Waals surface area contributed by atoms with Gasteiger partial charge < -0.3 is 14.8 Å². The van der Waals surface area contributed by atoms with Gasteiger partial charge in [0.15, 0.2) is 11.5 Å². The van der Waals surface area contributed by atoms with Crippen molar-refractivity contribution in [2.75, 3.05) is 32.8 Å². The van der Waals surface area contributed by atoms with Gasteiger partial charge in [0.1, 0.15) is 9.84 Å². The van der Waals surface area contributed by atoms with E-state index in [0.29, 0.717) is 36.1 Å². The molecule has 0 radical (unpaired) electrons. The van der Waals surface area contributed by atoms with Gasteiger partial charge in [-0.15, -0.1) is 0 Å². The summed E-state index contributed by atoms with van der Waals surface area (Å²) in [5, 5.41) is 3.59. The average molecular weight is 322 g/mol. The molecule has 1 rings (SSSR count). The molecule has 1 aromatic rings. The lowest BCUT2D eigenvalue weighted by Gasteiger charge is -2.15. The van der Waals surface area contributed by atoms with Crippen molar-refractivity contribution in [1.82, 2.24) is 5.32 Å². The summed E-state index contributed by atoms with van der Waals surface area (Å²) in [7, 11) is 0.394. The standard InChI is InChI=1S/C13H20ClNO4S/c1-15-9-10-7-11(14)8-12(18-2)13(10)19-5-4-6-20(3,16)17/h7-8,15H,4-6,9H2,1-3H3. The Kier molecular flexibility index (Phi) is 6.58. The Balaban J connectivity index is 2.81. The molecule has 5 nitrogen and oxygen atoms in total. The Hall–Kier alpha value is -0.980. The topological polar surface area (TPSA) is 64.6 Å². The minimum Gasteiger partial charge on any atom is -0.493 e. The highest BCUT2D eigenvalue weighted by Crippen LogP contribution is 2.34. The molecule has 0 aliphatic rings. The van der Waals surface area contributed by atoms with E-state index in [9.17, 15) is 8.42 Å². The zero-order valence-electron chi connectivity index (χ0n) is 11.9. The quantitative estimate of drug-likeness (QED) is 0.741. The first-order chi connectivity index (χ1) is 9.37. The minimum absolute atomic E-state index is 0.101. The molecule has 20 heavy (non-hydrogen) atoms. The van der Waals surface area contributed by atoms with Gasteiger partial charge in [0.25, 0.3) is 0 Å². The highest BCUT2D eigenvalue weighted by molar-refractivity contribution is 7.90. The normalized spacial score (nSPS) is 11.4. The molecule has 114 valence electrons. The molecule has 0 aromatic heterocycles. The fourth-order valence-electron chi connectivity index (χ4n) is 1.76. The number of rotatable bonds is 8. The summed E-state index contributed by atoms with van der Waals surface area (Å²) in [6.45, 7) is 0.889. The van der Waals surface area contributed by atoms with Crippen molar-refractivity contribution < 1.29 is 17.9 Å². The van der Waals surface area contributed by atoms with Crippen LogP contribution in [0.5, 0.6) is 11.5 Å². The van der Waals surface area contributed by atoms with Crippen LogP contribution in [-0.2, 0) is 16.4 Å². The molecule has 0 amide bonds. The highest BCUT2D eigenvalue weighted by atomic mass is 35.5. The molecule has 0 spiro atoms. The van der Waals surface area contributed by atoms with E-state index in [4.69, 9.17) is 21.1 Å². The fraction of sp³-hybridized carbons (Fsp3) is 0.538. The fourth-order valence-corrected chi connectivity index (χ4v) is 2.63. The first kappa shape index (κ1) is 17.1. The monoisotopic (exact) mass is 321 g/mol. The van der Waals surface area contributed by atoms with Crippen LogP contribution in [0.2, 0.25) is 5.02 Å². The zero-order chi connectivity index (χ0) is 15.2. The van der Waals surface area contributed by atoms with Gasteiger partial charge in [0, 0.05) is 29.5 Å². The third-order valence-electron chi connectivity index (χ3n) is 2.59. The van der Waals surface area contributed by atoms with Gasteiger partial charge in [0.2, 0.25) is 0 Å².